The van der Waals surface area contributed by atoms with E-state index in [1.807, 2.05) is 48.5 Å². The molecule has 0 saturated heterocycles. The quantitative estimate of drug-likeness (QED) is 0.756. The summed E-state index contributed by atoms with van der Waals surface area (Å²) < 4.78 is 10.5. The maximum Gasteiger partial charge on any atom is 0.161 e. The molecule has 0 atom stereocenters. The van der Waals surface area contributed by atoms with Crippen molar-refractivity contribution in [1.29, 1.82) is 0 Å². The fourth-order valence-corrected chi connectivity index (χ4v) is 1.72. The van der Waals surface area contributed by atoms with Crippen LogP contribution in [0.1, 0.15) is 0 Å². The lowest BCUT2D eigenvalue weighted by atomic mass is 10.1. The van der Waals surface area contributed by atoms with Gasteiger partial charge in [-0.25, -0.2) is 0 Å². The topological polar surface area (TPSA) is 35.5 Å². The molecule has 18 heavy (non-hydrogen) atoms. The molecule has 2 rings (SSSR count). The van der Waals surface area contributed by atoms with Crippen molar-refractivity contribution < 1.29 is 14.3 Å². The van der Waals surface area contributed by atoms with Gasteiger partial charge < -0.3 is 9.47 Å². The van der Waals surface area contributed by atoms with Crippen molar-refractivity contribution in [3.8, 4) is 22.6 Å². The van der Waals surface area contributed by atoms with Gasteiger partial charge in [-0.3, -0.25) is 4.79 Å². The summed E-state index contributed by atoms with van der Waals surface area (Å²) in [6, 6.07) is 15.7. The van der Waals surface area contributed by atoms with Crippen molar-refractivity contribution in [2.45, 2.75) is 0 Å². The zero-order valence-electron chi connectivity index (χ0n) is 10.1. The second-order valence-electron chi connectivity index (χ2n) is 3.71. The number of rotatable bonds is 5. The Labute approximate surface area is 106 Å². The SMILES string of the molecule is COc1cc(-c2ccccc2)ccc1OCC=O. The molecule has 2 aromatic rings. The minimum atomic E-state index is 0.0288. The minimum absolute atomic E-state index is 0.0288. The first-order chi connectivity index (χ1) is 8.85. The number of hydrogen-bond acceptors (Lipinski definition) is 3. The Morgan fingerprint density at radius 1 is 1.00 bits per heavy atom. The highest BCUT2D eigenvalue weighted by atomic mass is 16.5. The molecule has 3 nitrogen and oxygen atoms in total. The number of ether oxygens (including phenoxy) is 2. The molecule has 0 aliphatic heterocycles. The van der Waals surface area contributed by atoms with E-state index in [9.17, 15) is 4.79 Å². The Kier molecular flexibility index (Phi) is 3.97. The number of aldehydes is 1. The summed E-state index contributed by atoms with van der Waals surface area (Å²) in [5.41, 5.74) is 2.16. The van der Waals surface area contributed by atoms with Gasteiger partial charge in [0.25, 0.3) is 0 Å². The van der Waals surface area contributed by atoms with Crippen LogP contribution in [0.3, 0.4) is 0 Å². The Morgan fingerprint density at radius 2 is 1.78 bits per heavy atom. The summed E-state index contributed by atoms with van der Waals surface area (Å²) in [7, 11) is 1.58. The minimum Gasteiger partial charge on any atom is -0.493 e. The van der Waals surface area contributed by atoms with E-state index in [4.69, 9.17) is 9.47 Å². The van der Waals surface area contributed by atoms with Gasteiger partial charge in [-0.2, -0.15) is 0 Å². The second-order valence-corrected chi connectivity index (χ2v) is 3.71. The maximum atomic E-state index is 10.3. The van der Waals surface area contributed by atoms with Gasteiger partial charge in [0, 0.05) is 0 Å². The van der Waals surface area contributed by atoms with Crippen LogP contribution in [0.5, 0.6) is 11.5 Å². The molecule has 0 saturated carbocycles. The van der Waals surface area contributed by atoms with E-state index in [-0.39, 0.29) is 6.61 Å². The largest absolute Gasteiger partial charge is 0.493 e. The molecule has 0 heterocycles. The maximum absolute atomic E-state index is 10.3. The smallest absolute Gasteiger partial charge is 0.161 e. The van der Waals surface area contributed by atoms with Crippen LogP contribution in [0.25, 0.3) is 11.1 Å². The Hall–Kier alpha value is -2.29. The van der Waals surface area contributed by atoms with Gasteiger partial charge in [-0.15, -0.1) is 0 Å². The predicted molar refractivity (Wildman–Crippen MR) is 70.0 cm³/mol. The van der Waals surface area contributed by atoms with Gasteiger partial charge in [0.15, 0.2) is 17.8 Å². The van der Waals surface area contributed by atoms with Crippen molar-refractivity contribution in [2.75, 3.05) is 13.7 Å². The molecule has 2 aromatic carbocycles. The summed E-state index contributed by atoms with van der Waals surface area (Å²) >= 11 is 0. The first-order valence-electron chi connectivity index (χ1n) is 5.65. The van der Waals surface area contributed by atoms with Crippen LogP contribution in [0.4, 0.5) is 0 Å². The van der Waals surface area contributed by atoms with Gasteiger partial charge in [0.1, 0.15) is 6.61 Å². The molecule has 0 bridgehead atoms. The summed E-state index contributed by atoms with van der Waals surface area (Å²) in [6.07, 6.45) is 0.713. The van der Waals surface area contributed by atoms with E-state index in [1.54, 1.807) is 7.11 Å². The number of methoxy groups -OCH3 is 1. The molecule has 92 valence electrons. The van der Waals surface area contributed by atoms with E-state index in [0.717, 1.165) is 11.1 Å². The summed E-state index contributed by atoms with van der Waals surface area (Å²) in [5.74, 6) is 1.20. The van der Waals surface area contributed by atoms with E-state index in [0.29, 0.717) is 17.8 Å². The summed E-state index contributed by atoms with van der Waals surface area (Å²) in [5, 5.41) is 0. The van der Waals surface area contributed by atoms with Crippen LogP contribution in [-0.2, 0) is 4.79 Å². The standard InChI is InChI=1S/C15H14O3/c1-17-15-11-13(12-5-3-2-4-6-12)7-8-14(15)18-10-9-16/h2-9,11H,10H2,1H3. The Bertz CT molecular complexity index is 521. The van der Waals surface area contributed by atoms with Crippen LogP contribution in [0.15, 0.2) is 48.5 Å². The molecule has 0 amide bonds. The lowest BCUT2D eigenvalue weighted by Gasteiger charge is -2.10. The highest BCUT2D eigenvalue weighted by molar-refractivity contribution is 5.67. The Morgan fingerprint density at radius 3 is 2.44 bits per heavy atom. The van der Waals surface area contributed by atoms with E-state index < -0.39 is 0 Å². The molecule has 3 heteroatoms. The number of carbonyl (C=O) groups excluding carboxylic acids is 1. The molecule has 0 aromatic heterocycles. The van der Waals surface area contributed by atoms with E-state index >= 15 is 0 Å². The monoisotopic (exact) mass is 242 g/mol. The van der Waals surface area contributed by atoms with Crippen molar-refractivity contribution in [1.82, 2.24) is 0 Å². The fourth-order valence-electron chi connectivity index (χ4n) is 1.72. The highest BCUT2D eigenvalue weighted by Crippen LogP contribution is 2.32. The zero-order valence-corrected chi connectivity index (χ0v) is 10.1. The predicted octanol–water partition coefficient (Wildman–Crippen LogP) is 2.94. The molecular formula is C15H14O3. The zero-order chi connectivity index (χ0) is 12.8. The van der Waals surface area contributed by atoms with Crippen molar-refractivity contribution >= 4 is 6.29 Å². The first kappa shape index (κ1) is 12.2. The van der Waals surface area contributed by atoms with E-state index in [1.165, 1.54) is 0 Å². The van der Waals surface area contributed by atoms with Gasteiger partial charge in [0.2, 0.25) is 0 Å². The average molecular weight is 242 g/mol. The van der Waals surface area contributed by atoms with Crippen LogP contribution in [0.2, 0.25) is 0 Å². The third-order valence-electron chi connectivity index (χ3n) is 2.58. The molecule has 0 aliphatic carbocycles. The molecule has 0 spiro atoms. The lowest BCUT2D eigenvalue weighted by molar-refractivity contribution is -0.109. The van der Waals surface area contributed by atoms with Gasteiger partial charge in [-0.05, 0) is 23.3 Å². The molecular weight excluding hydrogens is 228 g/mol. The molecule has 0 unspecified atom stereocenters. The van der Waals surface area contributed by atoms with Crippen molar-refractivity contribution in [2.24, 2.45) is 0 Å². The number of benzene rings is 2. The number of hydrogen-bond donors (Lipinski definition) is 0. The third kappa shape index (κ3) is 2.69. The normalized spacial score (nSPS) is 9.83. The first-order valence-corrected chi connectivity index (χ1v) is 5.65. The Balaban J connectivity index is 2.32. The highest BCUT2D eigenvalue weighted by Gasteiger charge is 2.06. The lowest BCUT2D eigenvalue weighted by Crippen LogP contribution is -1.99. The van der Waals surface area contributed by atoms with Gasteiger partial charge in [0.05, 0.1) is 7.11 Å². The van der Waals surface area contributed by atoms with Crippen LogP contribution < -0.4 is 9.47 Å². The van der Waals surface area contributed by atoms with Gasteiger partial charge >= 0.3 is 0 Å². The van der Waals surface area contributed by atoms with Crippen LogP contribution in [-0.4, -0.2) is 20.0 Å². The molecule has 0 aliphatic rings. The van der Waals surface area contributed by atoms with Gasteiger partial charge in [-0.1, -0.05) is 36.4 Å². The number of carbonyl (C=O) groups is 1. The summed E-state index contributed by atoms with van der Waals surface area (Å²) in [6.45, 7) is 0.0288. The van der Waals surface area contributed by atoms with E-state index in [2.05, 4.69) is 0 Å². The third-order valence-corrected chi connectivity index (χ3v) is 2.58. The van der Waals surface area contributed by atoms with Crippen LogP contribution >= 0.6 is 0 Å². The summed E-state index contributed by atoms with van der Waals surface area (Å²) in [4.78, 5) is 10.3. The molecule has 0 radical (unpaired) electrons. The molecule has 0 N–H and O–H groups in total. The van der Waals surface area contributed by atoms with Crippen molar-refractivity contribution in [3.05, 3.63) is 48.5 Å². The second kappa shape index (κ2) is 5.87. The average Bonchev–Trinajstić information content (AvgIpc) is 2.46. The fraction of sp³-hybridized carbons (Fsp3) is 0.133. The van der Waals surface area contributed by atoms with Crippen LogP contribution in [0, 0.1) is 0 Å². The molecule has 0 fully saturated rings. The van der Waals surface area contributed by atoms with Crippen molar-refractivity contribution in [3.63, 3.8) is 0 Å².